The average molecular weight is 411 g/mol. The molecule has 1 amide bonds. The normalized spacial score (nSPS) is 20.2. The van der Waals surface area contributed by atoms with Crippen molar-refractivity contribution in [1.82, 2.24) is 29.6 Å². The maximum atomic E-state index is 12.9. The summed E-state index contributed by atoms with van der Waals surface area (Å²) in [5.74, 6) is 0.806. The van der Waals surface area contributed by atoms with Crippen LogP contribution < -0.4 is 4.90 Å². The van der Waals surface area contributed by atoms with Crippen LogP contribution in [0.15, 0.2) is 18.5 Å². The summed E-state index contributed by atoms with van der Waals surface area (Å²) < 4.78 is 39.5. The molecule has 8 nitrogen and oxygen atoms in total. The predicted molar refractivity (Wildman–Crippen MR) is 99.4 cm³/mol. The van der Waals surface area contributed by atoms with Gasteiger partial charge in [-0.25, -0.2) is 0 Å². The number of piperidine rings is 1. The van der Waals surface area contributed by atoms with E-state index in [1.807, 2.05) is 12.1 Å². The van der Waals surface area contributed by atoms with Crippen LogP contribution in [0.25, 0.3) is 5.65 Å². The van der Waals surface area contributed by atoms with Crippen molar-refractivity contribution in [2.45, 2.75) is 25.4 Å². The fraction of sp³-hybridized carbons (Fsp3) is 0.667. The summed E-state index contributed by atoms with van der Waals surface area (Å²) in [6.07, 6.45) is -0.650. The van der Waals surface area contributed by atoms with Crippen LogP contribution in [0.4, 0.5) is 19.0 Å². The first-order valence-electron chi connectivity index (χ1n) is 9.89. The summed E-state index contributed by atoms with van der Waals surface area (Å²) in [7, 11) is 0. The quantitative estimate of drug-likeness (QED) is 0.761. The van der Waals surface area contributed by atoms with E-state index in [1.165, 1.54) is 4.90 Å². The number of fused-ring (bicyclic) bond motifs is 1. The van der Waals surface area contributed by atoms with E-state index in [4.69, 9.17) is 0 Å². The van der Waals surface area contributed by atoms with E-state index < -0.39 is 12.7 Å². The molecule has 11 heteroatoms. The van der Waals surface area contributed by atoms with Gasteiger partial charge in [0.25, 0.3) is 0 Å². The Morgan fingerprint density at radius 1 is 1.07 bits per heavy atom. The van der Waals surface area contributed by atoms with Crippen molar-refractivity contribution in [2.75, 3.05) is 50.7 Å². The Labute approximate surface area is 166 Å². The third-order valence-electron chi connectivity index (χ3n) is 5.62. The van der Waals surface area contributed by atoms with Gasteiger partial charge in [0.1, 0.15) is 12.1 Å². The Kier molecular flexibility index (Phi) is 5.57. The minimum Gasteiger partial charge on any atom is -0.355 e. The van der Waals surface area contributed by atoms with Crippen LogP contribution in [0.2, 0.25) is 0 Å². The van der Waals surface area contributed by atoms with Gasteiger partial charge in [0.15, 0.2) is 5.65 Å². The molecule has 0 N–H and O–H groups in total. The number of rotatable bonds is 3. The lowest BCUT2D eigenvalue weighted by atomic mass is 9.95. The van der Waals surface area contributed by atoms with Crippen molar-refractivity contribution in [2.24, 2.45) is 5.92 Å². The summed E-state index contributed by atoms with van der Waals surface area (Å²) in [6.45, 7) is 2.06. The van der Waals surface area contributed by atoms with Crippen LogP contribution in [0.3, 0.4) is 0 Å². The molecule has 0 aliphatic carbocycles. The maximum Gasteiger partial charge on any atom is 0.401 e. The van der Waals surface area contributed by atoms with Gasteiger partial charge < -0.3 is 9.80 Å². The van der Waals surface area contributed by atoms with Crippen LogP contribution >= 0.6 is 0 Å². The van der Waals surface area contributed by atoms with Gasteiger partial charge >= 0.3 is 6.18 Å². The standard InChI is InChI=1S/C18H24F3N7O/c19-18(20,21)12-25-6-1-7-27(11-10-25)17(29)14-4-8-26(9-5-14)16-3-2-15-23-22-13-28(15)24-16/h2-3,13-14H,1,4-12H2. The molecule has 2 aliphatic rings. The Morgan fingerprint density at radius 3 is 2.62 bits per heavy atom. The van der Waals surface area contributed by atoms with Crippen LogP contribution in [-0.4, -0.2) is 87.5 Å². The Bertz CT molecular complexity index is 847. The van der Waals surface area contributed by atoms with Crippen molar-refractivity contribution in [1.29, 1.82) is 0 Å². The smallest absolute Gasteiger partial charge is 0.355 e. The molecule has 0 radical (unpaired) electrons. The number of halogens is 3. The van der Waals surface area contributed by atoms with Gasteiger partial charge in [0, 0.05) is 45.2 Å². The molecule has 0 unspecified atom stereocenters. The fourth-order valence-corrected chi connectivity index (χ4v) is 4.10. The van der Waals surface area contributed by atoms with Crippen molar-refractivity contribution in [3.05, 3.63) is 18.5 Å². The molecule has 158 valence electrons. The molecule has 0 saturated carbocycles. The number of amides is 1. The molecular weight excluding hydrogens is 387 g/mol. The summed E-state index contributed by atoms with van der Waals surface area (Å²) in [6, 6.07) is 3.76. The van der Waals surface area contributed by atoms with Gasteiger partial charge in [-0.1, -0.05) is 0 Å². The van der Waals surface area contributed by atoms with E-state index in [0.29, 0.717) is 57.6 Å². The van der Waals surface area contributed by atoms with E-state index in [-0.39, 0.29) is 18.4 Å². The van der Waals surface area contributed by atoms with Gasteiger partial charge in [0.2, 0.25) is 5.91 Å². The number of carbonyl (C=O) groups is 1. The lowest BCUT2D eigenvalue weighted by molar-refractivity contribution is -0.145. The first-order chi connectivity index (χ1) is 13.9. The molecule has 4 heterocycles. The highest BCUT2D eigenvalue weighted by molar-refractivity contribution is 5.79. The SMILES string of the molecule is O=C(C1CCN(c2ccc3nncn3n2)CC1)N1CCCN(CC(F)(F)F)CC1. The molecule has 0 aromatic carbocycles. The maximum absolute atomic E-state index is 12.9. The van der Waals surface area contributed by atoms with Crippen LogP contribution in [0, 0.1) is 5.92 Å². The van der Waals surface area contributed by atoms with Gasteiger partial charge in [-0.3, -0.25) is 9.69 Å². The molecule has 29 heavy (non-hydrogen) atoms. The first kappa shape index (κ1) is 19.9. The highest BCUT2D eigenvalue weighted by Crippen LogP contribution is 2.24. The highest BCUT2D eigenvalue weighted by atomic mass is 19.4. The fourth-order valence-electron chi connectivity index (χ4n) is 4.10. The summed E-state index contributed by atoms with van der Waals surface area (Å²) in [5, 5.41) is 12.3. The van der Waals surface area contributed by atoms with Gasteiger partial charge in [-0.2, -0.15) is 17.7 Å². The van der Waals surface area contributed by atoms with Crippen LogP contribution in [0.1, 0.15) is 19.3 Å². The second-order valence-electron chi connectivity index (χ2n) is 7.66. The Balaban J connectivity index is 1.30. The van der Waals surface area contributed by atoms with Crippen molar-refractivity contribution in [3.8, 4) is 0 Å². The van der Waals surface area contributed by atoms with E-state index in [2.05, 4.69) is 20.2 Å². The van der Waals surface area contributed by atoms with E-state index in [9.17, 15) is 18.0 Å². The van der Waals surface area contributed by atoms with E-state index >= 15 is 0 Å². The van der Waals surface area contributed by atoms with Crippen molar-refractivity contribution >= 4 is 17.4 Å². The summed E-state index contributed by atoms with van der Waals surface area (Å²) >= 11 is 0. The van der Waals surface area contributed by atoms with E-state index in [1.54, 1.807) is 15.7 Å². The molecule has 2 fully saturated rings. The topological polar surface area (TPSA) is 69.9 Å². The molecular formula is C18H24F3N7O. The zero-order valence-electron chi connectivity index (χ0n) is 16.1. The third-order valence-corrected chi connectivity index (χ3v) is 5.62. The lowest BCUT2D eigenvalue weighted by Gasteiger charge is -2.34. The molecule has 4 rings (SSSR count). The molecule has 0 spiro atoms. The molecule has 0 bridgehead atoms. The minimum absolute atomic E-state index is 0.0701. The monoisotopic (exact) mass is 411 g/mol. The van der Waals surface area contributed by atoms with Crippen molar-refractivity contribution in [3.63, 3.8) is 0 Å². The zero-order chi connectivity index (χ0) is 20.4. The third kappa shape index (κ3) is 4.77. The molecule has 0 atom stereocenters. The second-order valence-corrected chi connectivity index (χ2v) is 7.66. The van der Waals surface area contributed by atoms with Gasteiger partial charge in [0.05, 0.1) is 6.54 Å². The number of nitrogens with zero attached hydrogens (tertiary/aromatic N) is 7. The number of hydrogen-bond acceptors (Lipinski definition) is 6. The Morgan fingerprint density at radius 2 is 1.86 bits per heavy atom. The highest BCUT2D eigenvalue weighted by Gasteiger charge is 2.33. The van der Waals surface area contributed by atoms with Crippen LogP contribution in [0.5, 0.6) is 0 Å². The number of alkyl halides is 3. The summed E-state index contributed by atoms with van der Waals surface area (Å²) in [4.78, 5) is 18.2. The first-order valence-corrected chi connectivity index (χ1v) is 9.89. The minimum atomic E-state index is -4.20. The van der Waals surface area contributed by atoms with Gasteiger partial charge in [-0.05, 0) is 31.4 Å². The number of anilines is 1. The van der Waals surface area contributed by atoms with E-state index in [0.717, 1.165) is 5.82 Å². The number of hydrogen-bond donors (Lipinski definition) is 0. The lowest BCUT2D eigenvalue weighted by Crippen LogP contribution is -2.44. The molecule has 2 saturated heterocycles. The zero-order valence-corrected chi connectivity index (χ0v) is 16.1. The van der Waals surface area contributed by atoms with Crippen molar-refractivity contribution < 1.29 is 18.0 Å². The molecule has 2 aromatic heterocycles. The average Bonchev–Trinajstić information content (AvgIpc) is 3.05. The Hall–Kier alpha value is -2.43. The molecule has 2 aromatic rings. The number of aromatic nitrogens is 4. The van der Waals surface area contributed by atoms with Crippen LogP contribution in [-0.2, 0) is 4.79 Å². The molecule has 2 aliphatic heterocycles. The van der Waals surface area contributed by atoms with Gasteiger partial charge in [-0.15, -0.1) is 15.3 Å². The predicted octanol–water partition coefficient (Wildman–Crippen LogP) is 1.44. The second kappa shape index (κ2) is 8.13. The largest absolute Gasteiger partial charge is 0.401 e. The summed E-state index contributed by atoms with van der Waals surface area (Å²) in [5.41, 5.74) is 0.680. The number of carbonyl (C=O) groups excluding carboxylic acids is 1.